The van der Waals surface area contributed by atoms with Crippen LogP contribution in [0.1, 0.15) is 18.4 Å². The van der Waals surface area contributed by atoms with Gasteiger partial charge in [0.05, 0.1) is 23.4 Å². The second-order valence-corrected chi connectivity index (χ2v) is 4.78. The quantitative estimate of drug-likeness (QED) is 0.480. The molecule has 0 spiro atoms. The van der Waals surface area contributed by atoms with Gasteiger partial charge < -0.3 is 10.1 Å². The maximum absolute atomic E-state index is 10.6. The zero-order chi connectivity index (χ0) is 11.1. The number of alkyl halides is 1. The predicted octanol–water partition coefficient (Wildman–Crippen LogP) is 2.27. The van der Waals surface area contributed by atoms with Gasteiger partial charge in [-0.15, -0.1) is 0 Å². The third-order valence-electron chi connectivity index (χ3n) is 2.83. The van der Waals surface area contributed by atoms with Crippen molar-refractivity contribution in [1.29, 1.82) is 0 Å². The van der Waals surface area contributed by atoms with E-state index < -0.39 is 4.92 Å². The molecule has 1 heterocycles. The molecule has 1 aliphatic carbocycles. The van der Waals surface area contributed by atoms with E-state index in [0.29, 0.717) is 5.56 Å². The largest absolute Gasteiger partial charge is 0.392 e. The topological polar surface area (TPSA) is 61.0 Å². The Hall–Kier alpha value is -0.910. The number of hydrogen-bond donors (Lipinski definition) is 0. The van der Waals surface area contributed by atoms with Crippen molar-refractivity contribution in [3.8, 4) is 0 Å². The van der Waals surface area contributed by atoms with Gasteiger partial charge in [-0.05, 0) is 24.7 Å². The highest BCUT2D eigenvalue weighted by molar-refractivity contribution is 9.09. The lowest BCUT2D eigenvalue weighted by Gasteiger charge is -2.07. The van der Waals surface area contributed by atoms with Gasteiger partial charge in [-0.2, -0.15) is 4.68 Å². The first-order valence-corrected chi connectivity index (χ1v) is 5.93. The van der Waals surface area contributed by atoms with Crippen molar-refractivity contribution >= 4 is 21.7 Å². The molecule has 82 valence electrons. The van der Waals surface area contributed by atoms with E-state index in [1.54, 1.807) is 17.8 Å². The summed E-state index contributed by atoms with van der Waals surface area (Å²) in [5.74, 6) is -0.0274. The van der Waals surface area contributed by atoms with Crippen LogP contribution < -0.4 is 0 Å². The number of hydrogen-bond acceptors (Lipinski definition) is 3. The minimum Gasteiger partial charge on any atom is -0.358 e. The molecule has 0 N–H and O–H groups in total. The smallest absolute Gasteiger partial charge is 0.358 e. The lowest BCUT2D eigenvalue weighted by molar-refractivity contribution is -0.390. The molecule has 0 radical (unpaired) electrons. The summed E-state index contributed by atoms with van der Waals surface area (Å²) in [5.41, 5.74) is 0.914. The number of nitrogens with zero attached hydrogens (tertiary/aromatic N) is 3. The van der Waals surface area contributed by atoms with E-state index in [-0.39, 0.29) is 11.2 Å². The van der Waals surface area contributed by atoms with Gasteiger partial charge in [-0.3, -0.25) is 0 Å². The Bertz CT molecular complexity index is 398. The van der Waals surface area contributed by atoms with Gasteiger partial charge in [0.1, 0.15) is 0 Å². The summed E-state index contributed by atoms with van der Waals surface area (Å²) in [4.78, 5) is 10.2. The third-order valence-corrected chi connectivity index (χ3v) is 4.02. The van der Waals surface area contributed by atoms with Crippen LogP contribution >= 0.6 is 15.9 Å². The number of rotatable bonds is 4. The van der Waals surface area contributed by atoms with Crippen LogP contribution in [0.15, 0.2) is 6.20 Å². The summed E-state index contributed by atoms with van der Waals surface area (Å²) in [5, 5.41) is 15.5. The molecule has 0 bridgehead atoms. The van der Waals surface area contributed by atoms with Crippen molar-refractivity contribution in [3.63, 3.8) is 0 Å². The summed E-state index contributed by atoms with van der Waals surface area (Å²) in [6, 6.07) is 0. The van der Waals surface area contributed by atoms with Crippen molar-refractivity contribution < 1.29 is 4.92 Å². The molecule has 1 aliphatic rings. The lowest BCUT2D eigenvalue weighted by Crippen LogP contribution is -2.13. The zero-order valence-corrected chi connectivity index (χ0v) is 10.0. The second-order valence-electron chi connectivity index (χ2n) is 4.22. The second kappa shape index (κ2) is 3.59. The van der Waals surface area contributed by atoms with Gasteiger partial charge in [0.2, 0.25) is 0 Å². The van der Waals surface area contributed by atoms with Crippen LogP contribution in [0.3, 0.4) is 0 Å². The van der Waals surface area contributed by atoms with E-state index in [1.165, 1.54) is 12.8 Å². The van der Waals surface area contributed by atoms with Gasteiger partial charge in [-0.25, -0.2) is 0 Å². The molecule has 5 nitrogen and oxygen atoms in total. The first kappa shape index (κ1) is 10.6. The number of aryl methyl sites for hydroxylation is 1. The molecule has 0 aromatic carbocycles. The highest BCUT2D eigenvalue weighted by Crippen LogP contribution is 2.48. The first-order valence-electron chi connectivity index (χ1n) is 4.81. The van der Waals surface area contributed by atoms with E-state index >= 15 is 0 Å². The molecule has 15 heavy (non-hydrogen) atoms. The van der Waals surface area contributed by atoms with Gasteiger partial charge in [-0.1, -0.05) is 15.9 Å². The zero-order valence-electron chi connectivity index (χ0n) is 8.44. The fourth-order valence-electron chi connectivity index (χ4n) is 1.63. The Morgan fingerprint density at radius 1 is 1.73 bits per heavy atom. The van der Waals surface area contributed by atoms with Crippen molar-refractivity contribution in [1.82, 2.24) is 9.78 Å². The average Bonchev–Trinajstić information content (AvgIpc) is 2.84. The minimum atomic E-state index is -0.431. The summed E-state index contributed by atoms with van der Waals surface area (Å²) < 4.78 is 1.70. The molecule has 0 aliphatic heterocycles. The van der Waals surface area contributed by atoms with Gasteiger partial charge >= 0.3 is 5.82 Å². The molecular formula is C9H12BrN3O2. The number of aromatic nitrogens is 2. The fourth-order valence-corrected chi connectivity index (χ4v) is 2.36. The number of halogens is 1. The van der Waals surface area contributed by atoms with Gasteiger partial charge in [0.15, 0.2) is 0 Å². The molecule has 2 rings (SSSR count). The monoisotopic (exact) mass is 273 g/mol. The van der Waals surface area contributed by atoms with E-state index in [9.17, 15) is 10.1 Å². The van der Waals surface area contributed by atoms with Crippen LogP contribution in [0.4, 0.5) is 5.82 Å². The van der Waals surface area contributed by atoms with Crippen LogP contribution in [-0.4, -0.2) is 20.0 Å². The Morgan fingerprint density at radius 3 is 2.80 bits per heavy atom. The Balaban J connectivity index is 2.16. The standard InChI is InChI=1S/C9H12BrN3O2/c1-7-4-12(11-8(7)13(14)15)6-9(5-10)2-3-9/h4H,2-3,5-6H2,1H3. The summed E-state index contributed by atoms with van der Waals surface area (Å²) in [7, 11) is 0. The summed E-state index contributed by atoms with van der Waals surface area (Å²) in [6.07, 6.45) is 4.09. The van der Waals surface area contributed by atoms with E-state index in [0.717, 1.165) is 11.9 Å². The minimum absolute atomic E-state index is 0.0274. The van der Waals surface area contributed by atoms with Crippen LogP contribution in [-0.2, 0) is 6.54 Å². The maximum Gasteiger partial charge on any atom is 0.392 e. The molecular weight excluding hydrogens is 262 g/mol. The fraction of sp³-hybridized carbons (Fsp3) is 0.667. The van der Waals surface area contributed by atoms with Crippen LogP contribution in [0.5, 0.6) is 0 Å². The van der Waals surface area contributed by atoms with Crippen LogP contribution in [0.2, 0.25) is 0 Å². The molecule has 6 heteroatoms. The molecule has 0 atom stereocenters. The molecule has 1 aromatic heterocycles. The SMILES string of the molecule is Cc1cn(CC2(CBr)CC2)nc1[N+](=O)[O-]. The van der Waals surface area contributed by atoms with Crippen molar-refractivity contribution in [2.75, 3.05) is 5.33 Å². The molecule has 1 fully saturated rings. The molecule has 0 unspecified atom stereocenters. The normalized spacial score (nSPS) is 17.7. The molecule has 1 aromatic rings. The maximum atomic E-state index is 10.6. The highest BCUT2D eigenvalue weighted by Gasteiger charge is 2.43. The van der Waals surface area contributed by atoms with Crippen LogP contribution in [0.25, 0.3) is 0 Å². The number of nitro groups is 1. The molecule has 0 amide bonds. The van der Waals surface area contributed by atoms with E-state index in [1.807, 2.05) is 0 Å². The Kier molecular flexibility index (Phi) is 2.54. The first-order chi connectivity index (χ1) is 7.06. The Labute approximate surface area is 95.7 Å². The highest BCUT2D eigenvalue weighted by atomic mass is 79.9. The Morgan fingerprint density at radius 2 is 2.40 bits per heavy atom. The molecule has 1 saturated carbocycles. The molecule has 0 saturated heterocycles. The third kappa shape index (κ3) is 2.04. The summed E-state index contributed by atoms with van der Waals surface area (Å²) >= 11 is 3.47. The van der Waals surface area contributed by atoms with Crippen molar-refractivity contribution in [2.45, 2.75) is 26.3 Å². The summed E-state index contributed by atoms with van der Waals surface area (Å²) in [6.45, 7) is 2.49. The van der Waals surface area contributed by atoms with Gasteiger partial charge in [0.25, 0.3) is 0 Å². The average molecular weight is 274 g/mol. The van der Waals surface area contributed by atoms with Crippen LogP contribution in [0, 0.1) is 22.5 Å². The van der Waals surface area contributed by atoms with Crippen molar-refractivity contribution in [3.05, 3.63) is 21.9 Å². The van der Waals surface area contributed by atoms with E-state index in [2.05, 4.69) is 21.0 Å². The lowest BCUT2D eigenvalue weighted by atomic mass is 10.1. The van der Waals surface area contributed by atoms with Gasteiger partial charge in [0, 0.05) is 10.7 Å². The van der Waals surface area contributed by atoms with Crippen molar-refractivity contribution in [2.24, 2.45) is 5.41 Å². The predicted molar refractivity (Wildman–Crippen MR) is 59.1 cm³/mol. The van der Waals surface area contributed by atoms with E-state index in [4.69, 9.17) is 0 Å².